The van der Waals surface area contributed by atoms with Crippen LogP contribution in [0, 0.1) is 21.2 Å². The summed E-state index contributed by atoms with van der Waals surface area (Å²) >= 11 is 0. The summed E-state index contributed by atoms with van der Waals surface area (Å²) in [5.41, 5.74) is 1.33. The molecule has 2 bridgehead atoms. The first-order valence-corrected chi connectivity index (χ1v) is 9.40. The Morgan fingerprint density at radius 2 is 1.86 bits per heavy atom. The largest absolute Gasteiger partial charge is 0.723 e. The molecule has 2 aromatic heterocycles. The maximum Gasteiger partial charge on any atom is 0.428 e. The number of piperidine rings is 1. The van der Waals surface area contributed by atoms with Gasteiger partial charge in [-0.3, -0.25) is 9.69 Å². The number of aromatic nitrogens is 4. The van der Waals surface area contributed by atoms with Crippen molar-refractivity contribution in [3.8, 4) is 5.69 Å². The van der Waals surface area contributed by atoms with Crippen molar-refractivity contribution in [1.82, 2.24) is 14.5 Å². The predicted molar refractivity (Wildman–Crippen MR) is 103 cm³/mol. The standard InChI is InChI=1S/C19H18N6O4/c26-17-8-4-7-16-14-9-13(11-22(16)17)10-21(12-14)19-18(25(28)29)20-23(24(19)27)15-5-2-1-3-6-15/h1-8,13-14H,9-12H2. The molecule has 0 N–H and O–H groups in total. The van der Waals surface area contributed by atoms with E-state index in [1.54, 1.807) is 51.9 Å². The number of hydrogen-bond acceptors (Lipinski definition) is 6. The molecule has 2 atom stereocenters. The van der Waals surface area contributed by atoms with Gasteiger partial charge < -0.3 is 19.9 Å². The zero-order chi connectivity index (χ0) is 20.1. The van der Waals surface area contributed by atoms with Crippen LogP contribution < -0.4 is 15.3 Å². The van der Waals surface area contributed by atoms with Gasteiger partial charge in [0.25, 0.3) is 5.56 Å². The molecule has 0 saturated carbocycles. The number of fused-ring (bicyclic) bond motifs is 4. The average Bonchev–Trinajstić information content (AvgIpc) is 3.07. The Labute approximate surface area is 164 Å². The minimum absolute atomic E-state index is 0.0241. The van der Waals surface area contributed by atoms with Gasteiger partial charge in [0, 0.05) is 35.2 Å². The van der Waals surface area contributed by atoms with Crippen molar-refractivity contribution < 1.29 is 9.77 Å². The van der Waals surface area contributed by atoms with E-state index in [1.165, 1.54) is 0 Å². The lowest BCUT2D eigenvalue weighted by atomic mass is 9.83. The number of benzene rings is 1. The molecule has 1 saturated heterocycles. The molecule has 0 amide bonds. The Kier molecular flexibility index (Phi) is 3.86. The maximum absolute atomic E-state index is 13.0. The second-order valence-corrected chi connectivity index (χ2v) is 7.51. The molecule has 5 rings (SSSR count). The van der Waals surface area contributed by atoms with E-state index in [0.717, 1.165) is 16.9 Å². The SMILES string of the molecule is O=c1cccc2n1CC1CC2CN(c2c([N+](=O)[O-])nn(-c3ccccc3)[n+]2[O-])C1. The molecule has 3 aromatic rings. The van der Waals surface area contributed by atoms with Crippen LogP contribution in [0.1, 0.15) is 18.0 Å². The van der Waals surface area contributed by atoms with E-state index in [4.69, 9.17) is 0 Å². The van der Waals surface area contributed by atoms with Crippen LogP contribution in [0.3, 0.4) is 0 Å². The minimum Gasteiger partial charge on any atom is -0.723 e. The molecule has 0 spiro atoms. The molecule has 2 aliphatic heterocycles. The van der Waals surface area contributed by atoms with Crippen LogP contribution in [0.4, 0.5) is 11.6 Å². The molecule has 1 aromatic carbocycles. The quantitative estimate of drug-likeness (QED) is 0.285. The first kappa shape index (κ1) is 17.4. The summed E-state index contributed by atoms with van der Waals surface area (Å²) in [6.45, 7) is 1.42. The summed E-state index contributed by atoms with van der Waals surface area (Å²) in [5, 5.41) is 28.7. The molecule has 29 heavy (non-hydrogen) atoms. The molecule has 148 valence electrons. The van der Waals surface area contributed by atoms with Gasteiger partial charge in [-0.25, -0.2) is 0 Å². The Morgan fingerprint density at radius 3 is 2.62 bits per heavy atom. The summed E-state index contributed by atoms with van der Waals surface area (Å²) in [5.74, 6) is -0.369. The third kappa shape index (κ3) is 2.75. The highest BCUT2D eigenvalue weighted by Gasteiger charge is 2.42. The van der Waals surface area contributed by atoms with E-state index in [2.05, 4.69) is 5.10 Å². The van der Waals surface area contributed by atoms with Crippen LogP contribution in [-0.2, 0) is 6.54 Å². The third-order valence-corrected chi connectivity index (χ3v) is 5.68. The number of nitro groups is 1. The van der Waals surface area contributed by atoms with Crippen LogP contribution in [0.5, 0.6) is 0 Å². The van der Waals surface area contributed by atoms with Crippen molar-refractivity contribution in [1.29, 1.82) is 0 Å². The van der Waals surface area contributed by atoms with E-state index < -0.39 is 10.7 Å². The summed E-state index contributed by atoms with van der Waals surface area (Å²) in [6.07, 6.45) is 0.888. The number of rotatable bonds is 3. The molecule has 4 heterocycles. The fourth-order valence-corrected chi connectivity index (χ4v) is 4.52. The molecule has 1 fully saturated rings. The normalized spacial score (nSPS) is 20.3. The molecule has 0 aliphatic carbocycles. The second kappa shape index (κ2) is 6.43. The van der Waals surface area contributed by atoms with Crippen LogP contribution in [0.15, 0.2) is 53.3 Å². The number of pyridine rings is 1. The Hall–Kier alpha value is -3.69. The van der Waals surface area contributed by atoms with Crippen LogP contribution >= 0.6 is 0 Å². The second-order valence-electron chi connectivity index (χ2n) is 7.51. The number of anilines is 1. The predicted octanol–water partition coefficient (Wildman–Crippen LogP) is 1.20. The molecular weight excluding hydrogens is 376 g/mol. The zero-order valence-electron chi connectivity index (χ0n) is 15.4. The monoisotopic (exact) mass is 394 g/mol. The Balaban J connectivity index is 1.58. The topological polar surface area (TPSA) is 113 Å². The van der Waals surface area contributed by atoms with E-state index in [0.29, 0.717) is 30.2 Å². The summed E-state index contributed by atoms with van der Waals surface area (Å²) in [7, 11) is 0. The van der Waals surface area contributed by atoms with Crippen molar-refractivity contribution in [2.24, 2.45) is 5.92 Å². The summed E-state index contributed by atoms with van der Waals surface area (Å²) < 4.78 is 1.78. The van der Waals surface area contributed by atoms with Gasteiger partial charge in [0.15, 0.2) is 0 Å². The lowest BCUT2D eigenvalue weighted by Gasteiger charge is -2.40. The van der Waals surface area contributed by atoms with E-state index in [1.807, 2.05) is 6.07 Å². The van der Waals surface area contributed by atoms with Gasteiger partial charge in [0.05, 0.1) is 13.1 Å². The molecule has 10 heteroatoms. The van der Waals surface area contributed by atoms with E-state index in [-0.39, 0.29) is 23.2 Å². The zero-order valence-corrected chi connectivity index (χ0v) is 15.4. The minimum atomic E-state index is -0.619. The summed E-state index contributed by atoms with van der Waals surface area (Å²) in [4.78, 5) is 26.5. The molecule has 2 unspecified atom stereocenters. The van der Waals surface area contributed by atoms with E-state index in [9.17, 15) is 20.1 Å². The first-order valence-electron chi connectivity index (χ1n) is 9.40. The van der Waals surface area contributed by atoms with Crippen molar-refractivity contribution in [2.45, 2.75) is 18.9 Å². The van der Waals surface area contributed by atoms with Gasteiger partial charge in [0.2, 0.25) is 0 Å². The Morgan fingerprint density at radius 1 is 1.07 bits per heavy atom. The molecule has 0 radical (unpaired) electrons. The highest BCUT2D eigenvalue weighted by atomic mass is 16.6. The molecule has 2 aliphatic rings. The number of nitrogens with zero attached hydrogens (tertiary/aromatic N) is 6. The van der Waals surface area contributed by atoms with Crippen molar-refractivity contribution in [3.63, 3.8) is 0 Å². The molecule has 10 nitrogen and oxygen atoms in total. The van der Waals surface area contributed by atoms with Gasteiger partial charge in [-0.05, 0) is 29.5 Å². The number of hydrogen-bond donors (Lipinski definition) is 0. The fourth-order valence-electron chi connectivity index (χ4n) is 4.52. The van der Waals surface area contributed by atoms with Gasteiger partial charge in [-0.1, -0.05) is 29.1 Å². The summed E-state index contributed by atoms with van der Waals surface area (Å²) in [6, 6.07) is 13.8. The van der Waals surface area contributed by atoms with Crippen LogP contribution in [0.25, 0.3) is 5.69 Å². The van der Waals surface area contributed by atoms with Gasteiger partial charge in [-0.15, -0.1) is 0 Å². The molecular formula is C19H18N6O4. The fraction of sp³-hybridized carbons (Fsp3) is 0.316. The van der Waals surface area contributed by atoms with Crippen molar-refractivity contribution in [3.05, 3.63) is 79.9 Å². The Bertz CT molecular complexity index is 1160. The first-order chi connectivity index (χ1) is 14.0. The lowest BCUT2D eigenvalue weighted by Crippen LogP contribution is -2.51. The van der Waals surface area contributed by atoms with Crippen molar-refractivity contribution >= 4 is 11.6 Å². The lowest BCUT2D eigenvalue weighted by molar-refractivity contribution is -0.677. The van der Waals surface area contributed by atoms with E-state index >= 15 is 0 Å². The van der Waals surface area contributed by atoms with Crippen LogP contribution in [-0.4, -0.2) is 32.5 Å². The van der Waals surface area contributed by atoms with Crippen LogP contribution in [0.2, 0.25) is 0 Å². The number of para-hydroxylation sites is 1. The maximum atomic E-state index is 13.0. The average molecular weight is 394 g/mol. The van der Waals surface area contributed by atoms with Crippen molar-refractivity contribution in [2.75, 3.05) is 18.0 Å². The third-order valence-electron chi connectivity index (χ3n) is 5.68. The van der Waals surface area contributed by atoms with Gasteiger partial charge in [-0.2, -0.15) is 4.85 Å². The highest BCUT2D eigenvalue weighted by Crippen LogP contribution is 2.38. The van der Waals surface area contributed by atoms with Gasteiger partial charge in [0.1, 0.15) is 5.69 Å². The highest BCUT2D eigenvalue weighted by molar-refractivity contribution is 5.50. The smallest absolute Gasteiger partial charge is 0.428 e. The van der Waals surface area contributed by atoms with Gasteiger partial charge >= 0.3 is 11.6 Å².